The van der Waals surface area contributed by atoms with Gasteiger partial charge in [-0.3, -0.25) is 4.79 Å². The van der Waals surface area contributed by atoms with E-state index in [2.05, 4.69) is 15.4 Å². The fraction of sp³-hybridized carbons (Fsp3) is 0.417. The van der Waals surface area contributed by atoms with Crippen LogP contribution >= 0.6 is 0 Å². The number of benzene rings is 1. The first-order valence-electron chi connectivity index (χ1n) is 5.61. The third-order valence-corrected chi connectivity index (χ3v) is 2.24. The Balaban J connectivity index is 2.61. The fourth-order valence-electron chi connectivity index (χ4n) is 1.42. The lowest BCUT2D eigenvalue weighted by Gasteiger charge is -2.10. The molecule has 0 fully saturated rings. The molecular weight excluding hydrogens is 242 g/mol. The number of hydrogen-bond acceptors (Lipinski definition) is 3. The topological polar surface area (TPSA) is 50.4 Å². The number of alkyl halides is 2. The van der Waals surface area contributed by atoms with Gasteiger partial charge in [-0.25, -0.2) is 0 Å². The molecule has 0 spiro atoms. The summed E-state index contributed by atoms with van der Waals surface area (Å²) in [5, 5.41) is 5.59. The van der Waals surface area contributed by atoms with Crippen molar-refractivity contribution in [2.45, 2.75) is 13.0 Å². The summed E-state index contributed by atoms with van der Waals surface area (Å²) < 4.78 is 28.6. The lowest BCUT2D eigenvalue weighted by molar-refractivity contribution is -0.0501. The van der Waals surface area contributed by atoms with Gasteiger partial charge in [0.05, 0.1) is 5.56 Å². The molecule has 0 radical (unpaired) electrons. The minimum absolute atomic E-state index is 0.112. The predicted octanol–water partition coefficient (Wildman–Crippen LogP) is 1.63. The Morgan fingerprint density at radius 1 is 1.33 bits per heavy atom. The summed E-state index contributed by atoms with van der Waals surface area (Å²) in [6, 6.07) is 5.93. The van der Waals surface area contributed by atoms with Gasteiger partial charge < -0.3 is 15.4 Å². The average Bonchev–Trinajstić information content (AvgIpc) is 2.34. The molecule has 0 bridgehead atoms. The van der Waals surface area contributed by atoms with Crippen LogP contribution in [0, 0.1) is 0 Å². The Kier molecular flexibility index (Phi) is 6.07. The molecule has 0 atom stereocenters. The van der Waals surface area contributed by atoms with Crippen molar-refractivity contribution in [1.29, 1.82) is 0 Å². The Hall–Kier alpha value is -1.69. The molecule has 0 heterocycles. The van der Waals surface area contributed by atoms with Gasteiger partial charge in [-0.05, 0) is 32.1 Å². The normalized spacial score (nSPS) is 10.4. The van der Waals surface area contributed by atoms with Crippen LogP contribution in [0.15, 0.2) is 24.3 Å². The second-order valence-electron chi connectivity index (χ2n) is 3.59. The van der Waals surface area contributed by atoms with Crippen molar-refractivity contribution in [3.05, 3.63) is 29.8 Å². The number of para-hydroxylation sites is 1. The van der Waals surface area contributed by atoms with Gasteiger partial charge >= 0.3 is 6.61 Å². The van der Waals surface area contributed by atoms with E-state index in [1.54, 1.807) is 6.07 Å². The van der Waals surface area contributed by atoms with Gasteiger partial charge in [0, 0.05) is 6.54 Å². The van der Waals surface area contributed by atoms with Crippen LogP contribution in [0.1, 0.15) is 16.8 Å². The maximum absolute atomic E-state index is 12.2. The number of rotatable bonds is 7. The minimum atomic E-state index is -2.94. The monoisotopic (exact) mass is 258 g/mol. The molecule has 1 rings (SSSR count). The Labute approximate surface area is 104 Å². The summed E-state index contributed by atoms with van der Waals surface area (Å²) in [5.41, 5.74) is 0.113. The van der Waals surface area contributed by atoms with Crippen LogP contribution in [-0.2, 0) is 0 Å². The van der Waals surface area contributed by atoms with E-state index in [1.165, 1.54) is 18.2 Å². The summed E-state index contributed by atoms with van der Waals surface area (Å²) in [4.78, 5) is 11.8. The molecule has 2 N–H and O–H groups in total. The molecule has 18 heavy (non-hydrogen) atoms. The highest BCUT2D eigenvalue weighted by Crippen LogP contribution is 2.19. The molecule has 1 aromatic rings. The third-order valence-electron chi connectivity index (χ3n) is 2.24. The zero-order chi connectivity index (χ0) is 13.4. The van der Waals surface area contributed by atoms with Crippen molar-refractivity contribution in [2.75, 3.05) is 20.1 Å². The Bertz CT molecular complexity index is 386. The smallest absolute Gasteiger partial charge is 0.387 e. The van der Waals surface area contributed by atoms with Gasteiger partial charge in [-0.15, -0.1) is 0 Å². The van der Waals surface area contributed by atoms with Crippen LogP contribution in [0.4, 0.5) is 8.78 Å². The molecule has 1 amide bonds. The standard InChI is InChI=1S/C12H16F2N2O2/c1-15-7-4-8-16-11(17)9-5-2-3-6-10(9)18-12(13)14/h2-3,5-6,12,15H,4,7-8H2,1H3,(H,16,17). The fourth-order valence-corrected chi connectivity index (χ4v) is 1.42. The summed E-state index contributed by atoms with van der Waals surface area (Å²) >= 11 is 0. The van der Waals surface area contributed by atoms with E-state index < -0.39 is 12.5 Å². The molecule has 0 aliphatic rings. The summed E-state index contributed by atoms with van der Waals surface area (Å²) in [6.07, 6.45) is 0.764. The number of hydrogen-bond donors (Lipinski definition) is 2. The largest absolute Gasteiger partial charge is 0.434 e. The minimum Gasteiger partial charge on any atom is -0.434 e. The van der Waals surface area contributed by atoms with Crippen molar-refractivity contribution in [3.8, 4) is 5.75 Å². The zero-order valence-electron chi connectivity index (χ0n) is 10.1. The number of halogens is 2. The zero-order valence-corrected chi connectivity index (χ0v) is 10.1. The molecule has 6 heteroatoms. The average molecular weight is 258 g/mol. The first kappa shape index (κ1) is 14.4. The van der Waals surface area contributed by atoms with Crippen molar-refractivity contribution < 1.29 is 18.3 Å². The maximum Gasteiger partial charge on any atom is 0.387 e. The van der Waals surface area contributed by atoms with Crippen LogP contribution < -0.4 is 15.4 Å². The molecular formula is C12H16F2N2O2. The number of ether oxygens (including phenoxy) is 1. The predicted molar refractivity (Wildman–Crippen MR) is 64.0 cm³/mol. The molecule has 4 nitrogen and oxygen atoms in total. The van der Waals surface area contributed by atoms with Gasteiger partial charge in [-0.2, -0.15) is 8.78 Å². The van der Waals surface area contributed by atoms with Gasteiger partial charge in [-0.1, -0.05) is 12.1 Å². The Morgan fingerprint density at radius 2 is 2.06 bits per heavy atom. The highest BCUT2D eigenvalue weighted by atomic mass is 19.3. The van der Waals surface area contributed by atoms with Gasteiger partial charge in [0.25, 0.3) is 5.91 Å². The van der Waals surface area contributed by atoms with Crippen LogP contribution in [0.25, 0.3) is 0 Å². The van der Waals surface area contributed by atoms with Crippen molar-refractivity contribution in [1.82, 2.24) is 10.6 Å². The van der Waals surface area contributed by atoms with Gasteiger partial charge in [0.15, 0.2) is 0 Å². The number of carbonyl (C=O) groups is 1. The van der Waals surface area contributed by atoms with Crippen LogP contribution in [0.2, 0.25) is 0 Å². The third kappa shape index (κ3) is 4.67. The first-order chi connectivity index (χ1) is 8.65. The number of carbonyl (C=O) groups excluding carboxylic acids is 1. The van der Waals surface area contributed by atoms with Crippen molar-refractivity contribution in [2.24, 2.45) is 0 Å². The van der Waals surface area contributed by atoms with Crippen LogP contribution in [0.5, 0.6) is 5.75 Å². The first-order valence-corrected chi connectivity index (χ1v) is 5.61. The SMILES string of the molecule is CNCCCNC(=O)c1ccccc1OC(F)F. The van der Waals surface area contributed by atoms with Crippen molar-refractivity contribution in [3.63, 3.8) is 0 Å². The quantitative estimate of drug-likeness (QED) is 0.731. The summed E-state index contributed by atoms with van der Waals surface area (Å²) in [7, 11) is 1.81. The van der Waals surface area contributed by atoms with E-state index in [0.717, 1.165) is 13.0 Å². The molecule has 1 aromatic carbocycles. The van der Waals surface area contributed by atoms with E-state index in [4.69, 9.17) is 0 Å². The molecule has 0 saturated carbocycles. The van der Waals surface area contributed by atoms with Gasteiger partial charge in [0.1, 0.15) is 5.75 Å². The Morgan fingerprint density at radius 3 is 2.72 bits per heavy atom. The van der Waals surface area contributed by atoms with E-state index in [9.17, 15) is 13.6 Å². The van der Waals surface area contributed by atoms with E-state index >= 15 is 0 Å². The van der Waals surface area contributed by atoms with Crippen LogP contribution in [0.3, 0.4) is 0 Å². The molecule has 0 aromatic heterocycles. The number of nitrogens with one attached hydrogen (secondary N) is 2. The van der Waals surface area contributed by atoms with Crippen LogP contribution in [-0.4, -0.2) is 32.7 Å². The van der Waals surface area contributed by atoms with Gasteiger partial charge in [0.2, 0.25) is 0 Å². The lowest BCUT2D eigenvalue weighted by atomic mass is 10.2. The highest BCUT2D eigenvalue weighted by Gasteiger charge is 2.14. The van der Waals surface area contributed by atoms with E-state index in [1.807, 2.05) is 7.05 Å². The molecule has 0 saturated heterocycles. The number of amides is 1. The van der Waals surface area contributed by atoms with E-state index in [0.29, 0.717) is 6.54 Å². The molecule has 0 unspecified atom stereocenters. The van der Waals surface area contributed by atoms with Crippen molar-refractivity contribution >= 4 is 5.91 Å². The summed E-state index contributed by atoms with van der Waals surface area (Å²) in [5.74, 6) is -0.527. The van der Waals surface area contributed by atoms with E-state index in [-0.39, 0.29) is 11.3 Å². The highest BCUT2D eigenvalue weighted by molar-refractivity contribution is 5.96. The second-order valence-corrected chi connectivity index (χ2v) is 3.59. The maximum atomic E-state index is 12.2. The second kappa shape index (κ2) is 7.60. The summed E-state index contributed by atoms with van der Waals surface area (Å²) in [6.45, 7) is -1.69. The lowest BCUT2D eigenvalue weighted by Crippen LogP contribution is -2.27. The molecule has 100 valence electrons. The molecule has 0 aliphatic heterocycles. The molecule has 0 aliphatic carbocycles.